The first-order valence-electron chi connectivity index (χ1n) is 8.89. The Bertz CT molecular complexity index is 715. The molecule has 1 N–H and O–H groups in total. The van der Waals surface area contributed by atoms with Crippen LogP contribution in [0.5, 0.6) is 11.5 Å². The first kappa shape index (κ1) is 20.3. The molecular formula is C21H25NO5. The standard InChI is InChI=1S/C21H25NO5/c1-3-7-19(16-8-5-4-6-9-16)22-20(23)14-27-21(24)15-26-18-12-10-17(25-2)11-13-18/h4-6,8-13,19H,3,7,14-15H2,1-2H3,(H,22,23)/t19-/m1/s1. The van der Waals surface area contributed by atoms with Gasteiger partial charge in [0.1, 0.15) is 11.5 Å². The van der Waals surface area contributed by atoms with Crippen LogP contribution in [0.25, 0.3) is 0 Å². The third kappa shape index (κ3) is 7.01. The lowest BCUT2D eigenvalue weighted by molar-refractivity contribution is -0.150. The monoisotopic (exact) mass is 371 g/mol. The van der Waals surface area contributed by atoms with Crippen molar-refractivity contribution in [3.05, 3.63) is 60.2 Å². The number of esters is 1. The summed E-state index contributed by atoms with van der Waals surface area (Å²) in [4.78, 5) is 23.9. The summed E-state index contributed by atoms with van der Waals surface area (Å²) in [5.74, 6) is 0.272. The van der Waals surface area contributed by atoms with Crippen molar-refractivity contribution >= 4 is 11.9 Å². The lowest BCUT2D eigenvalue weighted by Gasteiger charge is -2.18. The van der Waals surface area contributed by atoms with Gasteiger partial charge < -0.3 is 19.5 Å². The lowest BCUT2D eigenvalue weighted by atomic mass is 10.0. The number of carbonyl (C=O) groups excluding carboxylic acids is 2. The minimum atomic E-state index is -0.604. The molecule has 0 saturated carbocycles. The number of hydrogen-bond donors (Lipinski definition) is 1. The topological polar surface area (TPSA) is 73.9 Å². The van der Waals surface area contributed by atoms with E-state index < -0.39 is 5.97 Å². The van der Waals surface area contributed by atoms with Crippen molar-refractivity contribution in [2.24, 2.45) is 0 Å². The predicted molar refractivity (Wildman–Crippen MR) is 102 cm³/mol. The predicted octanol–water partition coefficient (Wildman–Crippen LogP) is 3.27. The summed E-state index contributed by atoms with van der Waals surface area (Å²) < 4.78 is 15.4. The third-order valence-electron chi connectivity index (χ3n) is 3.89. The van der Waals surface area contributed by atoms with Crippen LogP contribution in [0.2, 0.25) is 0 Å². The van der Waals surface area contributed by atoms with Crippen LogP contribution < -0.4 is 14.8 Å². The van der Waals surface area contributed by atoms with E-state index >= 15 is 0 Å². The number of hydrogen-bond acceptors (Lipinski definition) is 5. The Morgan fingerprint density at radius 1 is 0.963 bits per heavy atom. The highest BCUT2D eigenvalue weighted by Gasteiger charge is 2.15. The highest BCUT2D eigenvalue weighted by molar-refractivity contribution is 5.81. The van der Waals surface area contributed by atoms with Gasteiger partial charge in [0.2, 0.25) is 0 Å². The number of carbonyl (C=O) groups is 2. The van der Waals surface area contributed by atoms with Crippen LogP contribution in [0.3, 0.4) is 0 Å². The zero-order valence-corrected chi connectivity index (χ0v) is 15.6. The number of ether oxygens (including phenoxy) is 3. The Morgan fingerprint density at radius 2 is 1.63 bits per heavy atom. The Hall–Kier alpha value is -3.02. The SMILES string of the molecule is CCC[C@@H](NC(=O)COC(=O)COc1ccc(OC)cc1)c1ccccc1. The number of benzene rings is 2. The zero-order chi connectivity index (χ0) is 19.5. The first-order chi connectivity index (χ1) is 13.1. The molecule has 2 rings (SSSR count). The fourth-order valence-corrected chi connectivity index (χ4v) is 2.53. The summed E-state index contributed by atoms with van der Waals surface area (Å²) in [6.45, 7) is 1.45. The van der Waals surface area contributed by atoms with E-state index in [0.717, 1.165) is 18.4 Å². The van der Waals surface area contributed by atoms with Crippen molar-refractivity contribution in [2.75, 3.05) is 20.3 Å². The molecule has 0 heterocycles. The molecule has 0 unspecified atom stereocenters. The van der Waals surface area contributed by atoms with E-state index in [0.29, 0.717) is 11.5 Å². The normalized spacial score (nSPS) is 11.3. The maximum atomic E-state index is 12.1. The molecule has 0 aromatic heterocycles. The summed E-state index contributed by atoms with van der Waals surface area (Å²) in [6.07, 6.45) is 1.74. The van der Waals surface area contributed by atoms with Gasteiger partial charge in [0.15, 0.2) is 13.2 Å². The van der Waals surface area contributed by atoms with Crippen molar-refractivity contribution < 1.29 is 23.8 Å². The second-order valence-electron chi connectivity index (χ2n) is 5.94. The molecule has 2 aromatic rings. The minimum Gasteiger partial charge on any atom is -0.497 e. The van der Waals surface area contributed by atoms with Crippen LogP contribution >= 0.6 is 0 Å². The van der Waals surface area contributed by atoms with Gasteiger partial charge in [-0.3, -0.25) is 4.79 Å². The molecule has 0 bridgehead atoms. The minimum absolute atomic E-state index is 0.0991. The van der Waals surface area contributed by atoms with Crippen LogP contribution in [0.15, 0.2) is 54.6 Å². The maximum absolute atomic E-state index is 12.1. The second kappa shape index (κ2) is 10.9. The lowest BCUT2D eigenvalue weighted by Crippen LogP contribution is -2.33. The van der Waals surface area contributed by atoms with Gasteiger partial charge in [-0.15, -0.1) is 0 Å². The molecule has 0 fully saturated rings. The van der Waals surface area contributed by atoms with E-state index in [9.17, 15) is 9.59 Å². The summed E-state index contributed by atoms with van der Waals surface area (Å²) in [7, 11) is 1.57. The van der Waals surface area contributed by atoms with Gasteiger partial charge in [0.25, 0.3) is 5.91 Å². The summed E-state index contributed by atoms with van der Waals surface area (Å²) in [6, 6.07) is 16.5. The van der Waals surface area contributed by atoms with Crippen molar-refractivity contribution in [1.29, 1.82) is 0 Å². The number of methoxy groups -OCH3 is 1. The van der Waals surface area contributed by atoms with Gasteiger partial charge in [-0.2, -0.15) is 0 Å². The Balaban J connectivity index is 1.75. The third-order valence-corrected chi connectivity index (χ3v) is 3.89. The van der Waals surface area contributed by atoms with Gasteiger partial charge in [-0.25, -0.2) is 4.79 Å². The van der Waals surface area contributed by atoms with Gasteiger partial charge in [-0.1, -0.05) is 43.7 Å². The van der Waals surface area contributed by atoms with Gasteiger partial charge in [0, 0.05) is 0 Å². The molecule has 6 heteroatoms. The smallest absolute Gasteiger partial charge is 0.344 e. The molecule has 6 nitrogen and oxygen atoms in total. The number of rotatable bonds is 10. The first-order valence-corrected chi connectivity index (χ1v) is 8.89. The molecular weight excluding hydrogens is 346 g/mol. The molecule has 0 saturated heterocycles. The molecule has 0 radical (unpaired) electrons. The molecule has 144 valence electrons. The van der Waals surface area contributed by atoms with Gasteiger partial charge in [-0.05, 0) is 36.2 Å². The molecule has 27 heavy (non-hydrogen) atoms. The molecule has 0 aliphatic rings. The van der Waals surface area contributed by atoms with Gasteiger partial charge >= 0.3 is 5.97 Å². The van der Waals surface area contributed by atoms with E-state index in [4.69, 9.17) is 14.2 Å². The van der Waals surface area contributed by atoms with E-state index in [1.54, 1.807) is 31.4 Å². The van der Waals surface area contributed by atoms with E-state index in [1.165, 1.54) is 0 Å². The van der Waals surface area contributed by atoms with Crippen molar-refractivity contribution in [1.82, 2.24) is 5.32 Å². The Kier molecular flexibility index (Phi) is 8.16. The molecule has 0 aliphatic carbocycles. The van der Waals surface area contributed by atoms with E-state index in [2.05, 4.69) is 12.2 Å². The average Bonchev–Trinajstić information content (AvgIpc) is 2.71. The zero-order valence-electron chi connectivity index (χ0n) is 15.6. The summed E-state index contributed by atoms with van der Waals surface area (Å²) in [5, 5.41) is 2.91. The quantitative estimate of drug-likeness (QED) is 0.649. The van der Waals surface area contributed by atoms with Gasteiger partial charge in [0.05, 0.1) is 13.2 Å². The van der Waals surface area contributed by atoms with Crippen molar-refractivity contribution in [3.63, 3.8) is 0 Å². The van der Waals surface area contributed by atoms with Crippen molar-refractivity contribution in [2.45, 2.75) is 25.8 Å². The van der Waals surface area contributed by atoms with Crippen LogP contribution in [0.4, 0.5) is 0 Å². The summed E-state index contributed by atoms with van der Waals surface area (Å²) in [5.41, 5.74) is 1.03. The van der Waals surface area contributed by atoms with Crippen LogP contribution in [-0.4, -0.2) is 32.2 Å². The highest BCUT2D eigenvalue weighted by atomic mass is 16.6. The van der Waals surface area contributed by atoms with E-state index in [1.807, 2.05) is 30.3 Å². The van der Waals surface area contributed by atoms with Crippen LogP contribution in [-0.2, 0) is 14.3 Å². The van der Waals surface area contributed by atoms with Crippen LogP contribution in [0.1, 0.15) is 31.4 Å². The largest absolute Gasteiger partial charge is 0.497 e. The Morgan fingerprint density at radius 3 is 2.26 bits per heavy atom. The molecule has 0 aliphatic heterocycles. The average molecular weight is 371 g/mol. The fraction of sp³-hybridized carbons (Fsp3) is 0.333. The highest BCUT2D eigenvalue weighted by Crippen LogP contribution is 2.18. The molecule has 1 atom stereocenters. The number of amides is 1. The number of nitrogens with one attached hydrogen (secondary N) is 1. The fourth-order valence-electron chi connectivity index (χ4n) is 2.53. The van der Waals surface area contributed by atoms with Crippen LogP contribution in [0, 0.1) is 0 Å². The molecule has 2 aromatic carbocycles. The summed E-state index contributed by atoms with van der Waals surface area (Å²) >= 11 is 0. The molecule has 0 spiro atoms. The van der Waals surface area contributed by atoms with Crippen molar-refractivity contribution in [3.8, 4) is 11.5 Å². The Labute approximate surface area is 159 Å². The van der Waals surface area contributed by atoms with E-state index in [-0.39, 0.29) is 25.2 Å². The maximum Gasteiger partial charge on any atom is 0.344 e. The molecule has 1 amide bonds. The second-order valence-corrected chi connectivity index (χ2v) is 5.94.